The van der Waals surface area contributed by atoms with Crippen molar-refractivity contribution in [3.63, 3.8) is 0 Å². The Balaban J connectivity index is 1.60. The van der Waals surface area contributed by atoms with Gasteiger partial charge in [-0.1, -0.05) is 23.2 Å². The summed E-state index contributed by atoms with van der Waals surface area (Å²) in [5.41, 5.74) is 1.19. The van der Waals surface area contributed by atoms with Crippen LogP contribution in [0.1, 0.15) is 17.9 Å². The standard InChI is InChI=1S/C20H20Cl2FN3O3/c21-12-2-1-11(8-13(12)22)26-20(28)18-15-9-14(24-5-6-27)19(29-15)17(18)10-3-4-25-16(23)7-10/h1-4,7-8,14-15,17-19,24,27H,5-6,9H2,(H,26,28)/t14-,15+,17+,18-,19-/m0/s1. The minimum atomic E-state index is -0.603. The van der Waals surface area contributed by atoms with Gasteiger partial charge in [0.2, 0.25) is 11.9 Å². The van der Waals surface area contributed by atoms with Gasteiger partial charge in [0, 0.05) is 30.4 Å². The number of ether oxygens (including phenoxy) is 1. The zero-order valence-electron chi connectivity index (χ0n) is 15.3. The normalized spacial score (nSPS) is 27.9. The minimum Gasteiger partial charge on any atom is -0.395 e. The van der Waals surface area contributed by atoms with Crippen molar-refractivity contribution in [1.29, 1.82) is 0 Å². The summed E-state index contributed by atoms with van der Waals surface area (Å²) in [5, 5.41) is 16.0. The predicted molar refractivity (Wildman–Crippen MR) is 108 cm³/mol. The maximum absolute atomic E-state index is 13.8. The van der Waals surface area contributed by atoms with Gasteiger partial charge in [-0.25, -0.2) is 4.98 Å². The van der Waals surface area contributed by atoms with E-state index >= 15 is 0 Å². The molecule has 154 valence electrons. The van der Waals surface area contributed by atoms with Crippen molar-refractivity contribution in [2.75, 3.05) is 18.5 Å². The molecular formula is C20H20Cl2FN3O3. The molecule has 0 saturated carbocycles. The van der Waals surface area contributed by atoms with Gasteiger partial charge in [0.05, 0.1) is 34.8 Å². The number of anilines is 1. The summed E-state index contributed by atoms with van der Waals surface area (Å²) >= 11 is 12.0. The first-order valence-electron chi connectivity index (χ1n) is 9.35. The number of carbonyl (C=O) groups is 1. The summed E-state index contributed by atoms with van der Waals surface area (Å²) in [5.74, 6) is -1.67. The molecule has 29 heavy (non-hydrogen) atoms. The molecule has 2 aromatic rings. The Morgan fingerprint density at radius 3 is 2.83 bits per heavy atom. The average Bonchev–Trinajstić information content (AvgIpc) is 3.27. The third-order valence-electron chi connectivity index (χ3n) is 5.50. The number of carbonyl (C=O) groups excluding carboxylic acids is 1. The second kappa shape index (κ2) is 8.53. The molecule has 1 aromatic carbocycles. The maximum Gasteiger partial charge on any atom is 0.230 e. The second-order valence-corrected chi connectivity index (χ2v) is 8.06. The molecule has 9 heteroatoms. The number of aliphatic hydroxyl groups excluding tert-OH is 1. The molecule has 1 aromatic heterocycles. The van der Waals surface area contributed by atoms with Crippen LogP contribution in [-0.2, 0) is 9.53 Å². The van der Waals surface area contributed by atoms with Gasteiger partial charge < -0.3 is 20.5 Å². The van der Waals surface area contributed by atoms with E-state index in [1.54, 1.807) is 24.3 Å². The van der Waals surface area contributed by atoms with E-state index < -0.39 is 11.9 Å². The number of fused-ring (bicyclic) bond motifs is 2. The fourth-order valence-electron chi connectivity index (χ4n) is 4.34. The molecule has 1 amide bonds. The molecule has 2 fully saturated rings. The Kier molecular flexibility index (Phi) is 6.03. The van der Waals surface area contributed by atoms with Crippen LogP contribution in [0, 0.1) is 11.9 Å². The minimum absolute atomic E-state index is 0.00365. The highest BCUT2D eigenvalue weighted by Crippen LogP contribution is 2.49. The van der Waals surface area contributed by atoms with Crippen LogP contribution in [0.15, 0.2) is 36.5 Å². The van der Waals surface area contributed by atoms with E-state index in [-0.39, 0.29) is 36.7 Å². The van der Waals surface area contributed by atoms with Gasteiger partial charge >= 0.3 is 0 Å². The van der Waals surface area contributed by atoms with Crippen LogP contribution in [0.25, 0.3) is 0 Å². The highest BCUT2D eigenvalue weighted by atomic mass is 35.5. The summed E-state index contributed by atoms with van der Waals surface area (Å²) in [6, 6.07) is 7.90. The molecular weight excluding hydrogens is 420 g/mol. The van der Waals surface area contributed by atoms with E-state index in [9.17, 15) is 9.18 Å². The quantitative estimate of drug-likeness (QED) is 0.602. The first-order chi connectivity index (χ1) is 14.0. The number of halogens is 3. The molecule has 0 aliphatic carbocycles. The third kappa shape index (κ3) is 4.11. The lowest BCUT2D eigenvalue weighted by molar-refractivity contribution is -0.121. The molecule has 6 nitrogen and oxygen atoms in total. The van der Waals surface area contributed by atoms with Crippen LogP contribution in [-0.4, -0.2) is 47.4 Å². The predicted octanol–water partition coefficient (Wildman–Crippen LogP) is 2.99. The highest BCUT2D eigenvalue weighted by Gasteiger charge is 2.57. The largest absolute Gasteiger partial charge is 0.395 e. The molecule has 2 aliphatic heterocycles. The molecule has 5 atom stereocenters. The number of rotatable bonds is 6. The van der Waals surface area contributed by atoms with Crippen LogP contribution in [0.3, 0.4) is 0 Å². The van der Waals surface area contributed by atoms with Crippen LogP contribution >= 0.6 is 23.2 Å². The molecule has 3 heterocycles. The topological polar surface area (TPSA) is 83.5 Å². The van der Waals surface area contributed by atoms with Gasteiger partial charge in [-0.05, 0) is 42.3 Å². The van der Waals surface area contributed by atoms with Gasteiger partial charge in [0.15, 0.2) is 0 Å². The third-order valence-corrected chi connectivity index (χ3v) is 6.24. The second-order valence-electron chi connectivity index (χ2n) is 7.24. The summed E-state index contributed by atoms with van der Waals surface area (Å²) < 4.78 is 19.9. The van der Waals surface area contributed by atoms with Crippen molar-refractivity contribution in [2.45, 2.75) is 30.6 Å². The zero-order chi connectivity index (χ0) is 20.5. The number of amides is 1. The Bertz CT molecular complexity index is 916. The van der Waals surface area contributed by atoms with Crippen molar-refractivity contribution in [2.24, 2.45) is 5.92 Å². The lowest BCUT2D eigenvalue weighted by Crippen LogP contribution is -2.47. The van der Waals surface area contributed by atoms with Crippen LogP contribution < -0.4 is 10.6 Å². The van der Waals surface area contributed by atoms with Gasteiger partial charge in [-0.3, -0.25) is 4.79 Å². The molecule has 4 rings (SSSR count). The number of benzene rings is 1. The Labute approximate surface area is 177 Å². The molecule has 3 N–H and O–H groups in total. The highest BCUT2D eigenvalue weighted by molar-refractivity contribution is 6.42. The van der Waals surface area contributed by atoms with Gasteiger partial charge in [-0.15, -0.1) is 0 Å². The first kappa shape index (κ1) is 20.5. The van der Waals surface area contributed by atoms with Crippen molar-refractivity contribution in [1.82, 2.24) is 10.3 Å². The maximum atomic E-state index is 13.8. The molecule has 2 aliphatic rings. The molecule has 0 radical (unpaired) electrons. The smallest absolute Gasteiger partial charge is 0.230 e. The number of aliphatic hydroxyl groups is 1. The van der Waals surface area contributed by atoms with Crippen molar-refractivity contribution in [3.8, 4) is 0 Å². The van der Waals surface area contributed by atoms with E-state index in [0.717, 1.165) is 0 Å². The van der Waals surface area contributed by atoms with Gasteiger partial charge in [0.25, 0.3) is 0 Å². The van der Waals surface area contributed by atoms with Crippen molar-refractivity contribution >= 4 is 34.8 Å². The summed E-state index contributed by atoms with van der Waals surface area (Å²) in [7, 11) is 0. The fourth-order valence-corrected chi connectivity index (χ4v) is 4.64. The monoisotopic (exact) mass is 439 g/mol. The first-order valence-corrected chi connectivity index (χ1v) is 10.1. The van der Waals surface area contributed by atoms with E-state index in [2.05, 4.69) is 15.6 Å². The average molecular weight is 440 g/mol. The van der Waals surface area contributed by atoms with E-state index in [1.165, 1.54) is 12.3 Å². The SMILES string of the molecule is O=C(Nc1ccc(Cl)c(Cl)c1)[C@@H]1[C@@H](c2ccnc(F)c2)[C@H]2O[C@@H]1C[C@@H]2NCCO. The van der Waals surface area contributed by atoms with Crippen molar-refractivity contribution in [3.05, 3.63) is 58.1 Å². The van der Waals surface area contributed by atoms with Gasteiger partial charge in [-0.2, -0.15) is 4.39 Å². The lowest BCUT2D eigenvalue weighted by Gasteiger charge is -2.32. The van der Waals surface area contributed by atoms with E-state index in [0.29, 0.717) is 34.3 Å². The van der Waals surface area contributed by atoms with Crippen LogP contribution in [0.2, 0.25) is 10.0 Å². The molecule has 2 bridgehead atoms. The Hall–Kier alpha value is -1.77. The fraction of sp³-hybridized carbons (Fsp3) is 0.400. The Morgan fingerprint density at radius 1 is 1.28 bits per heavy atom. The number of aromatic nitrogens is 1. The Morgan fingerprint density at radius 2 is 2.10 bits per heavy atom. The van der Waals surface area contributed by atoms with Gasteiger partial charge in [0.1, 0.15) is 0 Å². The lowest BCUT2D eigenvalue weighted by atomic mass is 9.73. The van der Waals surface area contributed by atoms with E-state index in [1.807, 2.05) is 0 Å². The zero-order valence-corrected chi connectivity index (χ0v) is 16.8. The summed E-state index contributed by atoms with van der Waals surface area (Å²) in [4.78, 5) is 16.8. The number of hydrogen-bond donors (Lipinski definition) is 3. The van der Waals surface area contributed by atoms with Crippen LogP contribution in [0.4, 0.5) is 10.1 Å². The molecule has 2 saturated heterocycles. The summed E-state index contributed by atoms with van der Waals surface area (Å²) in [6.07, 6.45) is 1.40. The molecule has 0 spiro atoms. The number of nitrogens with zero attached hydrogens (tertiary/aromatic N) is 1. The van der Waals surface area contributed by atoms with Crippen LogP contribution in [0.5, 0.6) is 0 Å². The number of pyridine rings is 1. The van der Waals surface area contributed by atoms with E-state index in [4.69, 9.17) is 33.0 Å². The van der Waals surface area contributed by atoms with Crippen molar-refractivity contribution < 1.29 is 19.0 Å². The number of hydrogen-bond acceptors (Lipinski definition) is 5. The summed E-state index contributed by atoms with van der Waals surface area (Å²) in [6.45, 7) is 0.429. The number of nitrogens with one attached hydrogen (secondary N) is 2. The molecule has 0 unspecified atom stereocenters.